The van der Waals surface area contributed by atoms with Gasteiger partial charge in [0.2, 0.25) is 0 Å². The fraction of sp³-hybridized carbons (Fsp3) is 0.0667. The highest BCUT2D eigenvalue weighted by Gasteiger charge is 2.19. The first-order chi connectivity index (χ1) is 9.31. The molecule has 0 saturated carbocycles. The van der Waals surface area contributed by atoms with Gasteiger partial charge in [-0.15, -0.1) is 0 Å². The topological polar surface area (TPSA) is 62.7 Å². The minimum Gasteiger partial charge on any atom is -0.444 e. The summed E-state index contributed by atoms with van der Waals surface area (Å²) in [6, 6.07) is 18.8. The molecule has 0 amide bonds. The summed E-state index contributed by atoms with van der Waals surface area (Å²) in [6.07, 6.45) is 0.215. The molecule has 0 radical (unpaired) electrons. The highest BCUT2D eigenvalue weighted by Crippen LogP contribution is 2.25. The van der Waals surface area contributed by atoms with Crippen molar-refractivity contribution in [1.29, 1.82) is 0 Å². The van der Waals surface area contributed by atoms with Crippen LogP contribution in [0.5, 0.6) is 0 Å². The number of benzene rings is 2. The van der Waals surface area contributed by atoms with E-state index >= 15 is 0 Å². The first-order valence-corrected chi connectivity index (χ1v) is 5.79. The highest BCUT2D eigenvalue weighted by molar-refractivity contribution is 6.20. The van der Waals surface area contributed by atoms with E-state index in [0.29, 0.717) is 0 Å². The van der Waals surface area contributed by atoms with E-state index in [1.807, 2.05) is 60.7 Å². The minimum atomic E-state index is -0.694. The third-order valence-electron chi connectivity index (χ3n) is 2.60. The number of ether oxygens (including phenoxy) is 1. The van der Waals surface area contributed by atoms with Gasteiger partial charge in [0.25, 0.3) is 0 Å². The van der Waals surface area contributed by atoms with Crippen LogP contribution in [0.15, 0.2) is 60.7 Å². The number of esters is 1. The summed E-state index contributed by atoms with van der Waals surface area (Å²) >= 11 is 0. The van der Waals surface area contributed by atoms with Crippen molar-refractivity contribution in [2.24, 2.45) is 0 Å². The van der Waals surface area contributed by atoms with Gasteiger partial charge in [0, 0.05) is 0 Å². The standard InChI is InChI=1S/C15H12N2O2/c16-17-11-14(18)19-15(12-7-3-1-4-8-12)13-9-5-2-6-10-13/h1-11,15H. The second-order valence-corrected chi connectivity index (χ2v) is 3.88. The molecular weight excluding hydrogens is 240 g/mol. The molecule has 0 unspecified atom stereocenters. The zero-order valence-electron chi connectivity index (χ0n) is 10.1. The fourth-order valence-electron chi connectivity index (χ4n) is 1.78. The summed E-state index contributed by atoms with van der Waals surface area (Å²) in [5, 5.41) is 0. The Hall–Kier alpha value is -2.71. The van der Waals surface area contributed by atoms with Crippen LogP contribution < -0.4 is 0 Å². The molecular formula is C15H12N2O2. The second kappa shape index (κ2) is 6.28. The van der Waals surface area contributed by atoms with Crippen LogP contribution in [0.4, 0.5) is 0 Å². The summed E-state index contributed by atoms with van der Waals surface area (Å²) < 4.78 is 5.31. The molecule has 0 aromatic heterocycles. The highest BCUT2D eigenvalue weighted by atomic mass is 16.5. The van der Waals surface area contributed by atoms with Crippen molar-refractivity contribution < 1.29 is 14.3 Å². The first kappa shape index (κ1) is 12.7. The Labute approximate surface area is 110 Å². The first-order valence-electron chi connectivity index (χ1n) is 5.79. The number of hydrogen-bond acceptors (Lipinski definition) is 2. The molecule has 2 rings (SSSR count). The van der Waals surface area contributed by atoms with E-state index < -0.39 is 12.1 Å². The molecule has 0 atom stereocenters. The third kappa shape index (κ3) is 3.37. The number of carbonyl (C=O) groups excluding carboxylic acids is 1. The van der Waals surface area contributed by atoms with Crippen LogP contribution in [0.1, 0.15) is 17.2 Å². The van der Waals surface area contributed by atoms with E-state index in [9.17, 15) is 4.79 Å². The van der Waals surface area contributed by atoms with Gasteiger partial charge in [-0.3, -0.25) is 0 Å². The van der Waals surface area contributed by atoms with Gasteiger partial charge in [-0.25, -0.2) is 4.79 Å². The summed E-state index contributed by atoms with van der Waals surface area (Å²) in [5.74, 6) is -0.694. The lowest BCUT2D eigenvalue weighted by Crippen LogP contribution is -2.13. The second-order valence-electron chi connectivity index (χ2n) is 3.88. The lowest BCUT2D eigenvalue weighted by molar-refractivity contribution is -0.142. The van der Waals surface area contributed by atoms with E-state index in [1.54, 1.807) is 0 Å². The van der Waals surface area contributed by atoms with Crippen LogP contribution >= 0.6 is 0 Å². The quantitative estimate of drug-likeness (QED) is 0.363. The van der Waals surface area contributed by atoms with Gasteiger partial charge in [0.15, 0.2) is 6.10 Å². The number of carbonyl (C=O) groups is 1. The monoisotopic (exact) mass is 252 g/mol. The van der Waals surface area contributed by atoms with Gasteiger partial charge >= 0.3 is 12.2 Å². The minimum absolute atomic E-state index is 0.520. The van der Waals surface area contributed by atoms with Gasteiger partial charge in [0.1, 0.15) is 0 Å². The Balaban J connectivity index is 2.34. The van der Waals surface area contributed by atoms with Gasteiger partial charge in [0.05, 0.1) is 0 Å². The number of nitrogens with zero attached hydrogens (tertiary/aromatic N) is 2. The van der Waals surface area contributed by atoms with Crippen molar-refractivity contribution in [1.82, 2.24) is 0 Å². The van der Waals surface area contributed by atoms with E-state index in [4.69, 9.17) is 10.3 Å². The lowest BCUT2D eigenvalue weighted by Gasteiger charge is -2.16. The van der Waals surface area contributed by atoms with Crippen LogP contribution in [0.25, 0.3) is 5.53 Å². The maximum atomic E-state index is 11.5. The van der Waals surface area contributed by atoms with Crippen molar-refractivity contribution >= 4 is 12.2 Å². The Morgan fingerprint density at radius 3 is 1.89 bits per heavy atom. The van der Waals surface area contributed by atoms with Gasteiger partial charge < -0.3 is 10.3 Å². The molecule has 0 fully saturated rings. The molecule has 0 aliphatic carbocycles. The van der Waals surface area contributed by atoms with Crippen molar-refractivity contribution in [3.8, 4) is 0 Å². The normalized spacial score (nSPS) is 9.74. The molecule has 2 aromatic carbocycles. The Morgan fingerprint density at radius 2 is 1.47 bits per heavy atom. The number of rotatable bonds is 4. The molecule has 2 aromatic rings. The van der Waals surface area contributed by atoms with E-state index in [2.05, 4.69) is 4.79 Å². The Kier molecular flexibility index (Phi) is 4.21. The SMILES string of the molecule is [N-]=[N+]=CC(=O)OC(c1ccccc1)c1ccccc1. The third-order valence-corrected chi connectivity index (χ3v) is 2.60. The van der Waals surface area contributed by atoms with Crippen LogP contribution in [-0.4, -0.2) is 17.0 Å². The van der Waals surface area contributed by atoms with Crippen LogP contribution in [0, 0.1) is 0 Å². The van der Waals surface area contributed by atoms with Gasteiger partial charge in [-0.1, -0.05) is 60.7 Å². The van der Waals surface area contributed by atoms with E-state index in [1.165, 1.54) is 0 Å². The van der Waals surface area contributed by atoms with Crippen molar-refractivity contribution in [3.05, 3.63) is 77.3 Å². The predicted molar refractivity (Wildman–Crippen MR) is 70.5 cm³/mol. The predicted octanol–water partition coefficient (Wildman–Crippen LogP) is 2.62. The largest absolute Gasteiger partial charge is 0.444 e. The molecule has 0 N–H and O–H groups in total. The Morgan fingerprint density at radius 1 is 1.00 bits per heavy atom. The summed E-state index contributed by atoms with van der Waals surface area (Å²) in [7, 11) is 0. The maximum absolute atomic E-state index is 11.5. The summed E-state index contributed by atoms with van der Waals surface area (Å²) in [5.41, 5.74) is 10.1. The summed E-state index contributed by atoms with van der Waals surface area (Å²) in [4.78, 5) is 14.1. The molecule has 94 valence electrons. The van der Waals surface area contributed by atoms with E-state index in [0.717, 1.165) is 17.3 Å². The van der Waals surface area contributed by atoms with Gasteiger partial charge in [-0.2, -0.15) is 4.79 Å². The average Bonchev–Trinajstić information content (AvgIpc) is 2.47. The number of hydrogen-bond donors (Lipinski definition) is 0. The average molecular weight is 252 g/mol. The van der Waals surface area contributed by atoms with Crippen LogP contribution in [0.2, 0.25) is 0 Å². The lowest BCUT2D eigenvalue weighted by atomic mass is 10.0. The molecule has 19 heavy (non-hydrogen) atoms. The molecule has 4 heteroatoms. The Bertz CT molecular complexity index is 551. The smallest absolute Gasteiger partial charge is 0.414 e. The zero-order chi connectivity index (χ0) is 13.5. The van der Waals surface area contributed by atoms with Crippen molar-refractivity contribution in [2.45, 2.75) is 6.10 Å². The maximum Gasteiger partial charge on any atom is 0.414 e. The van der Waals surface area contributed by atoms with Crippen LogP contribution in [0.3, 0.4) is 0 Å². The molecule has 0 saturated heterocycles. The van der Waals surface area contributed by atoms with Gasteiger partial charge in [-0.05, 0) is 11.1 Å². The zero-order valence-corrected chi connectivity index (χ0v) is 10.1. The molecule has 0 heterocycles. The summed E-state index contributed by atoms with van der Waals surface area (Å²) in [6.45, 7) is 0. The van der Waals surface area contributed by atoms with Crippen molar-refractivity contribution in [2.75, 3.05) is 0 Å². The van der Waals surface area contributed by atoms with Crippen molar-refractivity contribution in [3.63, 3.8) is 0 Å². The molecule has 4 nitrogen and oxygen atoms in total. The van der Waals surface area contributed by atoms with E-state index in [-0.39, 0.29) is 0 Å². The molecule has 0 bridgehead atoms. The van der Waals surface area contributed by atoms with Crippen LogP contribution in [-0.2, 0) is 9.53 Å². The molecule has 0 aliphatic rings. The fourth-order valence-corrected chi connectivity index (χ4v) is 1.78. The molecule has 0 spiro atoms. The molecule has 0 aliphatic heterocycles.